The lowest BCUT2D eigenvalue weighted by Gasteiger charge is -2.16. The van der Waals surface area contributed by atoms with Gasteiger partial charge < -0.3 is 10.1 Å². The van der Waals surface area contributed by atoms with Gasteiger partial charge in [-0.15, -0.1) is 0 Å². The molecule has 0 radical (unpaired) electrons. The number of aromatic amines is 1. The van der Waals surface area contributed by atoms with Crippen LogP contribution in [0.15, 0.2) is 12.5 Å². The third-order valence-corrected chi connectivity index (χ3v) is 2.41. The molecule has 0 bridgehead atoms. The number of carbonyl (C=O) groups excluding carboxylic acids is 2. The van der Waals surface area contributed by atoms with Crippen LogP contribution in [0.2, 0.25) is 0 Å². The fourth-order valence-corrected chi connectivity index (χ4v) is 1.32. The van der Waals surface area contributed by atoms with E-state index < -0.39 is 11.9 Å². The molecule has 1 aromatic rings. The number of aldehydes is 1. The summed E-state index contributed by atoms with van der Waals surface area (Å²) in [6.07, 6.45) is 3.19. The minimum absolute atomic E-state index is 0.0865. The van der Waals surface area contributed by atoms with Crippen LogP contribution in [0.1, 0.15) is 31.4 Å². The third kappa shape index (κ3) is 3.28. The Hall–Kier alpha value is -1.49. The van der Waals surface area contributed by atoms with Crippen molar-refractivity contribution in [2.45, 2.75) is 31.8 Å². The largest absolute Gasteiger partial charge is 0.392 e. The summed E-state index contributed by atoms with van der Waals surface area (Å²) >= 11 is 0. The van der Waals surface area contributed by atoms with E-state index >= 15 is 0 Å². The van der Waals surface area contributed by atoms with E-state index in [0.29, 0.717) is 0 Å². The maximum absolute atomic E-state index is 10.7. The molecular formula is C10H14N2O3. The molecule has 0 aliphatic heterocycles. The Kier molecular flexibility index (Phi) is 4.17. The van der Waals surface area contributed by atoms with E-state index in [1.807, 2.05) is 6.92 Å². The number of aliphatic hydroxyl groups excluding tert-OH is 1. The van der Waals surface area contributed by atoms with E-state index in [1.165, 1.54) is 6.33 Å². The Morgan fingerprint density at radius 2 is 2.47 bits per heavy atom. The first-order valence-corrected chi connectivity index (χ1v) is 4.79. The van der Waals surface area contributed by atoms with Crippen LogP contribution in [0.25, 0.3) is 0 Å². The molecule has 82 valence electrons. The molecule has 5 nitrogen and oxygen atoms in total. The fraction of sp³-hybridized carbons (Fsp3) is 0.500. The predicted molar refractivity (Wildman–Crippen MR) is 53.3 cm³/mol. The normalized spacial score (nSPS) is 14.5. The molecule has 0 amide bonds. The second-order valence-corrected chi connectivity index (χ2v) is 3.49. The quantitative estimate of drug-likeness (QED) is 0.526. The van der Waals surface area contributed by atoms with Gasteiger partial charge >= 0.3 is 0 Å². The number of hydrogen-bond donors (Lipinski definition) is 2. The molecule has 1 heterocycles. The molecule has 0 aromatic carbocycles. The van der Waals surface area contributed by atoms with Crippen molar-refractivity contribution in [1.29, 1.82) is 0 Å². The van der Waals surface area contributed by atoms with Crippen LogP contribution in [0, 0.1) is 0 Å². The van der Waals surface area contributed by atoms with E-state index in [4.69, 9.17) is 0 Å². The zero-order valence-electron chi connectivity index (χ0n) is 8.51. The number of hydrogen-bond acceptors (Lipinski definition) is 4. The van der Waals surface area contributed by atoms with Crippen molar-refractivity contribution in [1.82, 2.24) is 9.97 Å². The summed E-state index contributed by atoms with van der Waals surface area (Å²) in [5.74, 6) is -0.599. The summed E-state index contributed by atoms with van der Waals surface area (Å²) in [5.41, 5.74) is 0.820. The van der Waals surface area contributed by atoms with Crippen LogP contribution in [-0.4, -0.2) is 33.2 Å². The topological polar surface area (TPSA) is 83.0 Å². The van der Waals surface area contributed by atoms with Gasteiger partial charge in [-0.25, -0.2) is 4.98 Å². The SMILES string of the molecule is CC(c1cnc[nH]1)C(O)CCC(=O)C=O. The van der Waals surface area contributed by atoms with Gasteiger partial charge in [0, 0.05) is 24.2 Å². The molecule has 0 fully saturated rings. The highest BCUT2D eigenvalue weighted by Gasteiger charge is 2.18. The molecule has 1 aromatic heterocycles. The molecule has 0 aliphatic carbocycles. The number of imidazole rings is 1. The molecule has 2 unspecified atom stereocenters. The van der Waals surface area contributed by atoms with Crippen molar-refractivity contribution in [3.63, 3.8) is 0 Å². The number of carbonyl (C=O) groups is 2. The summed E-state index contributed by atoms with van der Waals surface area (Å²) in [6, 6.07) is 0. The number of nitrogens with zero attached hydrogens (tertiary/aromatic N) is 1. The van der Waals surface area contributed by atoms with Gasteiger partial charge in [0.25, 0.3) is 0 Å². The van der Waals surface area contributed by atoms with Crippen molar-refractivity contribution in [2.75, 3.05) is 0 Å². The first kappa shape index (κ1) is 11.6. The number of aromatic nitrogens is 2. The van der Waals surface area contributed by atoms with Crippen LogP contribution >= 0.6 is 0 Å². The van der Waals surface area contributed by atoms with Gasteiger partial charge in [-0.1, -0.05) is 6.92 Å². The summed E-state index contributed by atoms with van der Waals surface area (Å²) in [7, 11) is 0. The molecule has 0 aliphatic rings. The highest BCUT2D eigenvalue weighted by Crippen LogP contribution is 2.19. The third-order valence-electron chi connectivity index (χ3n) is 2.41. The first-order valence-electron chi connectivity index (χ1n) is 4.79. The molecule has 1 rings (SSSR count). The summed E-state index contributed by atoms with van der Waals surface area (Å²) in [4.78, 5) is 27.5. The van der Waals surface area contributed by atoms with Crippen molar-refractivity contribution in [3.05, 3.63) is 18.2 Å². The maximum atomic E-state index is 10.7. The van der Waals surface area contributed by atoms with Crippen molar-refractivity contribution in [3.8, 4) is 0 Å². The number of nitrogens with one attached hydrogen (secondary N) is 1. The Labute approximate surface area is 87.5 Å². The Morgan fingerprint density at radius 3 is 3.00 bits per heavy atom. The number of Topliss-reactive ketones (excluding diaryl/α,β-unsaturated/α-hetero) is 1. The monoisotopic (exact) mass is 210 g/mol. The molecular weight excluding hydrogens is 196 g/mol. The summed E-state index contributed by atoms with van der Waals surface area (Å²) in [5, 5.41) is 9.72. The highest BCUT2D eigenvalue weighted by atomic mass is 16.3. The van der Waals surface area contributed by atoms with E-state index in [2.05, 4.69) is 9.97 Å². The van der Waals surface area contributed by atoms with Crippen LogP contribution in [0.5, 0.6) is 0 Å². The second-order valence-electron chi connectivity index (χ2n) is 3.49. The van der Waals surface area contributed by atoms with E-state index in [-0.39, 0.29) is 25.0 Å². The van der Waals surface area contributed by atoms with Crippen LogP contribution < -0.4 is 0 Å². The lowest BCUT2D eigenvalue weighted by Crippen LogP contribution is -2.17. The number of aliphatic hydroxyl groups is 1. The van der Waals surface area contributed by atoms with Crippen molar-refractivity contribution >= 4 is 12.1 Å². The molecule has 0 saturated carbocycles. The minimum atomic E-state index is -0.644. The van der Waals surface area contributed by atoms with Gasteiger partial charge in [0.05, 0.1) is 12.4 Å². The fourth-order valence-electron chi connectivity index (χ4n) is 1.32. The van der Waals surface area contributed by atoms with E-state index in [0.717, 1.165) is 5.69 Å². The molecule has 2 N–H and O–H groups in total. The zero-order valence-corrected chi connectivity index (χ0v) is 8.51. The minimum Gasteiger partial charge on any atom is -0.392 e. The van der Waals surface area contributed by atoms with Gasteiger partial charge in [0.15, 0.2) is 12.1 Å². The lowest BCUT2D eigenvalue weighted by molar-refractivity contribution is -0.130. The average molecular weight is 210 g/mol. The van der Waals surface area contributed by atoms with E-state index in [9.17, 15) is 14.7 Å². The van der Waals surface area contributed by atoms with Gasteiger partial charge in [-0.3, -0.25) is 9.59 Å². The molecule has 2 atom stereocenters. The molecule has 0 saturated heterocycles. The highest BCUT2D eigenvalue weighted by molar-refractivity contribution is 6.24. The van der Waals surface area contributed by atoms with E-state index in [1.54, 1.807) is 6.20 Å². The Balaban J connectivity index is 2.43. The van der Waals surface area contributed by atoms with Gasteiger partial charge in [0.1, 0.15) is 0 Å². The number of rotatable bonds is 6. The van der Waals surface area contributed by atoms with Crippen molar-refractivity contribution in [2.24, 2.45) is 0 Å². The number of H-pyrrole nitrogens is 1. The molecule has 5 heteroatoms. The van der Waals surface area contributed by atoms with Gasteiger partial charge in [-0.2, -0.15) is 0 Å². The smallest absolute Gasteiger partial charge is 0.195 e. The van der Waals surface area contributed by atoms with Gasteiger partial charge in [0.2, 0.25) is 0 Å². The van der Waals surface area contributed by atoms with Crippen LogP contribution in [-0.2, 0) is 9.59 Å². The first-order chi connectivity index (χ1) is 7.15. The Morgan fingerprint density at radius 1 is 1.73 bits per heavy atom. The van der Waals surface area contributed by atoms with Gasteiger partial charge in [-0.05, 0) is 6.42 Å². The standard InChI is InChI=1S/C10H14N2O3/c1-7(9-4-11-6-12-9)10(15)3-2-8(14)5-13/h4-7,10,15H,2-3H2,1H3,(H,11,12). The summed E-state index contributed by atoms with van der Waals surface area (Å²) < 4.78 is 0. The lowest BCUT2D eigenvalue weighted by atomic mass is 9.97. The van der Waals surface area contributed by atoms with Crippen LogP contribution in [0.3, 0.4) is 0 Å². The maximum Gasteiger partial charge on any atom is 0.195 e. The number of ketones is 1. The average Bonchev–Trinajstić information content (AvgIpc) is 2.77. The molecule has 15 heavy (non-hydrogen) atoms. The Bertz CT molecular complexity index is 321. The predicted octanol–water partition coefficient (Wildman–Crippen LogP) is 0.422. The zero-order chi connectivity index (χ0) is 11.3. The molecule has 0 spiro atoms. The van der Waals surface area contributed by atoms with Crippen LogP contribution in [0.4, 0.5) is 0 Å². The summed E-state index contributed by atoms with van der Waals surface area (Å²) in [6.45, 7) is 1.84. The van der Waals surface area contributed by atoms with Crippen molar-refractivity contribution < 1.29 is 14.7 Å². The second kappa shape index (κ2) is 5.41.